The van der Waals surface area contributed by atoms with Crippen LogP contribution in [0.4, 0.5) is 0 Å². The van der Waals surface area contributed by atoms with Crippen molar-refractivity contribution < 1.29 is 27.5 Å². The Morgan fingerprint density at radius 2 is 1.97 bits per heavy atom. The molecule has 2 amide bonds. The van der Waals surface area contributed by atoms with Crippen LogP contribution in [0.3, 0.4) is 0 Å². The monoisotopic (exact) mass is 472 g/mol. The van der Waals surface area contributed by atoms with Gasteiger partial charge in [0.25, 0.3) is 11.8 Å². The largest absolute Gasteiger partial charge is 0.493 e. The zero-order valence-electron chi connectivity index (χ0n) is 19.3. The van der Waals surface area contributed by atoms with Gasteiger partial charge in [0.15, 0.2) is 21.3 Å². The third kappa shape index (κ3) is 5.28. The number of nitrogens with zero attached hydrogens (tertiary/aromatic N) is 2. The molecule has 3 rings (SSSR count). The van der Waals surface area contributed by atoms with Gasteiger partial charge in [0.2, 0.25) is 0 Å². The molecule has 0 spiro atoms. The highest BCUT2D eigenvalue weighted by atomic mass is 32.2. The Morgan fingerprint density at radius 3 is 2.55 bits per heavy atom. The van der Waals surface area contributed by atoms with Gasteiger partial charge in [-0.3, -0.25) is 14.5 Å². The summed E-state index contributed by atoms with van der Waals surface area (Å²) in [5.41, 5.74) is 0.897. The van der Waals surface area contributed by atoms with E-state index < -0.39 is 27.7 Å². The summed E-state index contributed by atoms with van der Waals surface area (Å²) in [6.45, 7) is 6.31. The van der Waals surface area contributed by atoms with E-state index in [1.165, 1.54) is 7.11 Å². The summed E-state index contributed by atoms with van der Waals surface area (Å²) in [5.74, 6) is -0.149. The second kappa shape index (κ2) is 9.79. The molecule has 0 N–H and O–H groups in total. The van der Waals surface area contributed by atoms with Crippen molar-refractivity contribution in [1.29, 1.82) is 5.26 Å². The topological polar surface area (TPSA) is 114 Å². The number of amides is 2. The molecule has 1 saturated heterocycles. The Hall–Kier alpha value is -3.12. The lowest BCUT2D eigenvalue weighted by Gasteiger charge is -2.31. The molecule has 9 heteroatoms. The lowest BCUT2D eigenvalue weighted by Crippen LogP contribution is -2.49. The summed E-state index contributed by atoms with van der Waals surface area (Å²) in [6, 6.07) is 6.32. The molecule has 1 aromatic carbocycles. The summed E-state index contributed by atoms with van der Waals surface area (Å²) in [5, 5.41) is 9.56. The third-order valence-corrected chi connectivity index (χ3v) is 7.55. The van der Waals surface area contributed by atoms with Crippen molar-refractivity contribution in [3.8, 4) is 17.6 Å². The van der Waals surface area contributed by atoms with E-state index in [0.29, 0.717) is 29.6 Å². The molecule has 2 aliphatic heterocycles. The van der Waals surface area contributed by atoms with Crippen molar-refractivity contribution in [2.24, 2.45) is 5.92 Å². The lowest BCUT2D eigenvalue weighted by atomic mass is 9.92. The van der Waals surface area contributed by atoms with Gasteiger partial charge in [-0.2, -0.15) is 5.26 Å². The highest BCUT2D eigenvalue weighted by Gasteiger charge is 2.43. The normalized spacial score (nSPS) is 21.6. The van der Waals surface area contributed by atoms with Crippen LogP contribution in [0.2, 0.25) is 0 Å². The Labute approximate surface area is 194 Å². The minimum absolute atomic E-state index is 0.0895. The average molecular weight is 473 g/mol. The number of benzene rings is 1. The van der Waals surface area contributed by atoms with Gasteiger partial charge in [-0.25, -0.2) is 8.42 Å². The highest BCUT2D eigenvalue weighted by molar-refractivity contribution is 7.91. The Balaban J connectivity index is 1.97. The van der Waals surface area contributed by atoms with Crippen LogP contribution in [-0.4, -0.2) is 56.4 Å². The Bertz CT molecular complexity index is 1170. The first-order valence-corrected chi connectivity index (χ1v) is 12.6. The van der Waals surface area contributed by atoms with E-state index in [2.05, 4.69) is 13.8 Å². The van der Waals surface area contributed by atoms with Gasteiger partial charge in [0.1, 0.15) is 11.6 Å². The maximum absolute atomic E-state index is 13.3. The number of nitriles is 1. The van der Waals surface area contributed by atoms with Gasteiger partial charge >= 0.3 is 0 Å². The molecule has 8 nitrogen and oxygen atoms in total. The molecule has 2 heterocycles. The van der Waals surface area contributed by atoms with Gasteiger partial charge in [-0.1, -0.05) is 19.9 Å². The second-order valence-electron chi connectivity index (χ2n) is 8.65. The maximum atomic E-state index is 13.3. The predicted molar refractivity (Wildman–Crippen MR) is 123 cm³/mol. The molecule has 0 unspecified atom stereocenters. The van der Waals surface area contributed by atoms with Crippen molar-refractivity contribution in [3.63, 3.8) is 0 Å². The fourth-order valence-corrected chi connectivity index (χ4v) is 5.57. The van der Waals surface area contributed by atoms with Crippen LogP contribution in [0.15, 0.2) is 34.9 Å². The van der Waals surface area contributed by atoms with E-state index in [0.717, 1.165) is 11.3 Å². The first-order valence-electron chi connectivity index (χ1n) is 10.8. The molecule has 0 aromatic heterocycles. The summed E-state index contributed by atoms with van der Waals surface area (Å²) in [6.07, 6.45) is 2.64. The van der Waals surface area contributed by atoms with Gasteiger partial charge in [-0.15, -0.1) is 0 Å². The van der Waals surface area contributed by atoms with Gasteiger partial charge in [0, 0.05) is 5.57 Å². The highest BCUT2D eigenvalue weighted by Crippen LogP contribution is 2.33. The van der Waals surface area contributed by atoms with Gasteiger partial charge < -0.3 is 9.47 Å². The maximum Gasteiger partial charge on any atom is 0.271 e. The molecule has 0 radical (unpaired) electrons. The number of hydrogen-bond donors (Lipinski definition) is 0. The molecule has 33 heavy (non-hydrogen) atoms. The molecular weight excluding hydrogens is 444 g/mol. The summed E-state index contributed by atoms with van der Waals surface area (Å²) < 4.78 is 35.1. The predicted octanol–water partition coefficient (Wildman–Crippen LogP) is 2.90. The van der Waals surface area contributed by atoms with E-state index >= 15 is 0 Å². The Kier molecular flexibility index (Phi) is 7.28. The van der Waals surface area contributed by atoms with Crippen LogP contribution in [0, 0.1) is 17.2 Å². The SMILES string of the molecule is COc1cc(/C=C2/C(=O)N([C@@H]3CCS(=O)(=O)C3)C(=O)C(C#N)=C2C)ccc1OCCC(C)C. The van der Waals surface area contributed by atoms with Crippen LogP contribution in [0.5, 0.6) is 11.5 Å². The van der Waals surface area contributed by atoms with E-state index in [1.54, 1.807) is 31.2 Å². The standard InChI is InChI=1S/C24H28N2O6S/c1-15(2)7-9-32-21-6-5-17(12-22(21)31-4)11-19-16(3)20(13-25)24(28)26(23(19)27)18-8-10-33(29,30)14-18/h5-6,11-12,15,18H,7-10,14H2,1-4H3/b19-11+/t18-/m1/s1. The van der Waals surface area contributed by atoms with Gasteiger partial charge in [0.05, 0.1) is 31.3 Å². The van der Waals surface area contributed by atoms with E-state index in [-0.39, 0.29) is 34.6 Å². The number of methoxy groups -OCH3 is 1. The van der Waals surface area contributed by atoms with Gasteiger partial charge in [-0.05, 0) is 55.0 Å². The zero-order valence-corrected chi connectivity index (χ0v) is 20.1. The molecule has 0 aliphatic carbocycles. The third-order valence-electron chi connectivity index (χ3n) is 5.80. The molecule has 1 atom stereocenters. The number of carbonyl (C=O) groups excluding carboxylic acids is 2. The smallest absolute Gasteiger partial charge is 0.271 e. The molecule has 1 aromatic rings. The molecule has 1 fully saturated rings. The first kappa shape index (κ1) is 24.5. The minimum Gasteiger partial charge on any atom is -0.493 e. The number of sulfone groups is 1. The zero-order chi connectivity index (χ0) is 24.3. The first-order chi connectivity index (χ1) is 15.6. The van der Waals surface area contributed by atoms with Crippen molar-refractivity contribution in [2.45, 2.75) is 39.7 Å². The molecular formula is C24H28N2O6S. The van der Waals surface area contributed by atoms with Crippen LogP contribution >= 0.6 is 0 Å². The van der Waals surface area contributed by atoms with Crippen molar-refractivity contribution >= 4 is 27.7 Å². The van der Waals surface area contributed by atoms with E-state index in [1.807, 2.05) is 6.07 Å². The minimum atomic E-state index is -3.33. The molecule has 176 valence electrons. The van der Waals surface area contributed by atoms with Crippen LogP contribution in [-0.2, 0) is 19.4 Å². The summed E-state index contributed by atoms with van der Waals surface area (Å²) in [4.78, 5) is 27.0. The molecule has 0 bridgehead atoms. The van der Waals surface area contributed by atoms with Crippen molar-refractivity contribution in [2.75, 3.05) is 25.2 Å². The van der Waals surface area contributed by atoms with E-state index in [9.17, 15) is 23.3 Å². The molecule has 2 aliphatic rings. The number of rotatable bonds is 7. The number of ether oxygens (including phenoxy) is 2. The lowest BCUT2D eigenvalue weighted by molar-refractivity contribution is -0.142. The van der Waals surface area contributed by atoms with Crippen LogP contribution < -0.4 is 9.47 Å². The van der Waals surface area contributed by atoms with Crippen LogP contribution in [0.1, 0.15) is 39.2 Å². The average Bonchev–Trinajstić information content (AvgIpc) is 3.11. The summed E-state index contributed by atoms with van der Waals surface area (Å²) >= 11 is 0. The number of imide groups is 1. The fraction of sp³-hybridized carbons (Fsp3) is 0.458. The number of hydrogen-bond acceptors (Lipinski definition) is 7. The Morgan fingerprint density at radius 1 is 1.24 bits per heavy atom. The quantitative estimate of drug-likeness (QED) is 0.443. The second-order valence-corrected chi connectivity index (χ2v) is 10.9. The summed E-state index contributed by atoms with van der Waals surface area (Å²) in [7, 11) is -1.81. The van der Waals surface area contributed by atoms with Crippen molar-refractivity contribution in [1.82, 2.24) is 4.90 Å². The number of carbonyl (C=O) groups is 2. The van der Waals surface area contributed by atoms with E-state index in [4.69, 9.17) is 9.47 Å². The van der Waals surface area contributed by atoms with Crippen molar-refractivity contribution in [3.05, 3.63) is 40.5 Å². The van der Waals surface area contributed by atoms with Crippen LogP contribution in [0.25, 0.3) is 6.08 Å². The fourth-order valence-electron chi connectivity index (χ4n) is 3.87. The molecule has 0 saturated carbocycles.